The molecule has 1 saturated heterocycles. The Kier molecular flexibility index (Phi) is 5.66. The van der Waals surface area contributed by atoms with Gasteiger partial charge in [0.2, 0.25) is 11.7 Å². The second-order valence-electron chi connectivity index (χ2n) is 5.54. The van der Waals surface area contributed by atoms with Crippen molar-refractivity contribution in [2.24, 2.45) is 11.0 Å². The minimum absolute atomic E-state index is 0.0521. The fourth-order valence-electron chi connectivity index (χ4n) is 2.51. The van der Waals surface area contributed by atoms with Gasteiger partial charge in [0.15, 0.2) is 21.3 Å². The molecule has 1 heterocycles. The van der Waals surface area contributed by atoms with Crippen LogP contribution in [0.3, 0.4) is 0 Å². The molecule has 1 fully saturated rings. The van der Waals surface area contributed by atoms with Crippen LogP contribution in [0, 0.1) is 5.92 Å². The lowest BCUT2D eigenvalue weighted by Crippen LogP contribution is -2.21. The van der Waals surface area contributed by atoms with Crippen LogP contribution in [-0.2, 0) is 14.6 Å². The number of amides is 1. The van der Waals surface area contributed by atoms with Crippen molar-refractivity contribution in [3.05, 3.63) is 17.7 Å². The number of phenolic OH excluding ortho intramolecular Hbond substituents is 1. The van der Waals surface area contributed by atoms with Crippen LogP contribution in [0.1, 0.15) is 18.4 Å². The average Bonchev–Trinajstić information content (AvgIpc) is 2.87. The van der Waals surface area contributed by atoms with E-state index in [1.165, 1.54) is 32.6 Å². The largest absolute Gasteiger partial charge is 0.502 e. The number of phenols is 1. The van der Waals surface area contributed by atoms with E-state index in [1.54, 1.807) is 0 Å². The lowest BCUT2D eigenvalue weighted by atomic mass is 10.1. The van der Waals surface area contributed by atoms with Crippen LogP contribution in [0.25, 0.3) is 0 Å². The van der Waals surface area contributed by atoms with Crippen molar-refractivity contribution in [2.45, 2.75) is 12.8 Å². The third kappa shape index (κ3) is 4.60. The number of benzene rings is 1. The van der Waals surface area contributed by atoms with E-state index < -0.39 is 9.84 Å². The third-order valence-electron chi connectivity index (χ3n) is 3.71. The summed E-state index contributed by atoms with van der Waals surface area (Å²) in [5.74, 6) is 0.0166. The van der Waals surface area contributed by atoms with Crippen LogP contribution in [0.5, 0.6) is 17.2 Å². The van der Waals surface area contributed by atoms with Gasteiger partial charge < -0.3 is 14.6 Å². The highest BCUT2D eigenvalue weighted by molar-refractivity contribution is 7.91. The number of rotatable bonds is 6. The summed E-state index contributed by atoms with van der Waals surface area (Å²) in [6, 6.07) is 3.08. The molecule has 0 radical (unpaired) electrons. The maximum atomic E-state index is 11.8. The molecule has 1 aromatic carbocycles. The highest BCUT2D eigenvalue weighted by Crippen LogP contribution is 2.36. The van der Waals surface area contributed by atoms with Crippen molar-refractivity contribution in [3.8, 4) is 17.2 Å². The Labute approximate surface area is 140 Å². The molecule has 0 bridgehead atoms. The van der Waals surface area contributed by atoms with E-state index in [9.17, 15) is 18.3 Å². The fourth-order valence-corrected chi connectivity index (χ4v) is 4.37. The van der Waals surface area contributed by atoms with E-state index in [1.807, 2.05) is 0 Å². The number of nitrogens with zero attached hydrogens (tertiary/aromatic N) is 1. The molecule has 1 aliphatic rings. The standard InChI is InChI=1S/C15H20N2O6S/c1-22-12-5-11(6-13(23-2)15(12)19)8-16-17-14(18)7-10-3-4-24(20,21)9-10/h5-6,8,10,19H,3-4,7,9H2,1-2H3,(H,17,18)/b16-8+/t10-/m1/s1. The predicted octanol–water partition coefficient (Wildman–Crippen LogP) is 0.684. The molecular formula is C15H20N2O6S. The smallest absolute Gasteiger partial charge is 0.240 e. The van der Waals surface area contributed by atoms with Crippen LogP contribution in [0.15, 0.2) is 17.2 Å². The van der Waals surface area contributed by atoms with Gasteiger partial charge in [0.25, 0.3) is 0 Å². The molecule has 0 aliphatic carbocycles. The van der Waals surface area contributed by atoms with Gasteiger partial charge in [-0.25, -0.2) is 13.8 Å². The van der Waals surface area contributed by atoms with E-state index in [0.29, 0.717) is 12.0 Å². The summed E-state index contributed by atoms with van der Waals surface area (Å²) in [7, 11) is -0.175. The minimum atomic E-state index is -2.99. The van der Waals surface area contributed by atoms with Crippen molar-refractivity contribution in [3.63, 3.8) is 0 Å². The quantitative estimate of drug-likeness (QED) is 0.572. The van der Waals surface area contributed by atoms with Crippen LogP contribution in [0.4, 0.5) is 0 Å². The molecule has 1 atom stereocenters. The maximum absolute atomic E-state index is 11.8. The number of nitrogens with one attached hydrogen (secondary N) is 1. The molecule has 1 aromatic rings. The first-order chi connectivity index (χ1) is 11.3. The molecule has 24 heavy (non-hydrogen) atoms. The van der Waals surface area contributed by atoms with Crippen molar-refractivity contribution in [1.29, 1.82) is 0 Å². The molecule has 0 spiro atoms. The molecule has 0 unspecified atom stereocenters. The number of hydrogen-bond acceptors (Lipinski definition) is 7. The van der Waals surface area contributed by atoms with Crippen molar-refractivity contribution < 1.29 is 27.8 Å². The summed E-state index contributed by atoms with van der Waals surface area (Å²) >= 11 is 0. The Morgan fingerprint density at radius 3 is 2.50 bits per heavy atom. The molecule has 8 nitrogen and oxygen atoms in total. The van der Waals surface area contributed by atoms with Gasteiger partial charge in [0.05, 0.1) is 31.9 Å². The summed E-state index contributed by atoms with van der Waals surface area (Å²) in [5, 5.41) is 13.6. The topological polar surface area (TPSA) is 114 Å². The summed E-state index contributed by atoms with van der Waals surface area (Å²) in [6.45, 7) is 0. The van der Waals surface area contributed by atoms with Crippen LogP contribution >= 0.6 is 0 Å². The van der Waals surface area contributed by atoms with Gasteiger partial charge in [-0.15, -0.1) is 0 Å². The fraction of sp³-hybridized carbons (Fsp3) is 0.467. The third-order valence-corrected chi connectivity index (χ3v) is 5.54. The number of hydrogen-bond donors (Lipinski definition) is 2. The van der Waals surface area contributed by atoms with Crippen LogP contribution in [-0.4, -0.2) is 51.4 Å². The van der Waals surface area contributed by atoms with Crippen LogP contribution < -0.4 is 14.9 Å². The van der Waals surface area contributed by atoms with E-state index in [0.717, 1.165) is 0 Å². The first kappa shape index (κ1) is 18.1. The first-order valence-electron chi connectivity index (χ1n) is 7.32. The zero-order chi connectivity index (χ0) is 17.7. The van der Waals surface area contributed by atoms with E-state index in [-0.39, 0.29) is 47.0 Å². The lowest BCUT2D eigenvalue weighted by molar-refractivity contribution is -0.121. The summed E-state index contributed by atoms with van der Waals surface area (Å²) in [6.07, 6.45) is 2.01. The molecular weight excluding hydrogens is 336 g/mol. The maximum Gasteiger partial charge on any atom is 0.240 e. The summed E-state index contributed by atoms with van der Waals surface area (Å²) < 4.78 is 32.8. The zero-order valence-corrected chi connectivity index (χ0v) is 14.3. The van der Waals surface area contributed by atoms with Gasteiger partial charge >= 0.3 is 0 Å². The Bertz CT molecular complexity index is 719. The Morgan fingerprint density at radius 1 is 1.38 bits per heavy atom. The van der Waals surface area contributed by atoms with Gasteiger partial charge in [-0.3, -0.25) is 4.79 Å². The second kappa shape index (κ2) is 7.52. The summed E-state index contributed by atoms with van der Waals surface area (Å²) in [4.78, 5) is 11.8. The Hall–Kier alpha value is -2.29. The second-order valence-corrected chi connectivity index (χ2v) is 7.77. The van der Waals surface area contributed by atoms with E-state index >= 15 is 0 Å². The first-order valence-corrected chi connectivity index (χ1v) is 9.14. The predicted molar refractivity (Wildman–Crippen MR) is 88.3 cm³/mol. The van der Waals surface area contributed by atoms with E-state index in [2.05, 4.69) is 10.5 Å². The molecule has 132 valence electrons. The number of hydrazone groups is 1. The molecule has 1 amide bonds. The number of carbonyl (C=O) groups excluding carboxylic acids is 1. The SMILES string of the molecule is COc1cc(/C=N/NC(=O)C[C@H]2CCS(=O)(=O)C2)cc(OC)c1O. The van der Waals surface area contributed by atoms with Crippen molar-refractivity contribution in [1.82, 2.24) is 5.43 Å². The van der Waals surface area contributed by atoms with Gasteiger partial charge in [-0.2, -0.15) is 5.10 Å². The molecule has 2 rings (SSSR count). The number of carbonyl (C=O) groups is 1. The van der Waals surface area contributed by atoms with Crippen molar-refractivity contribution >= 4 is 22.0 Å². The number of sulfone groups is 1. The highest BCUT2D eigenvalue weighted by atomic mass is 32.2. The molecule has 1 aliphatic heterocycles. The molecule has 0 saturated carbocycles. The van der Waals surface area contributed by atoms with Crippen molar-refractivity contribution in [2.75, 3.05) is 25.7 Å². The van der Waals surface area contributed by atoms with Gasteiger partial charge in [0.1, 0.15) is 0 Å². The lowest BCUT2D eigenvalue weighted by Gasteiger charge is -2.09. The van der Waals surface area contributed by atoms with Gasteiger partial charge in [-0.1, -0.05) is 0 Å². The van der Waals surface area contributed by atoms with Crippen LogP contribution in [0.2, 0.25) is 0 Å². The number of methoxy groups -OCH3 is 2. The minimum Gasteiger partial charge on any atom is -0.502 e. The monoisotopic (exact) mass is 356 g/mol. The van der Waals surface area contributed by atoms with E-state index in [4.69, 9.17) is 9.47 Å². The zero-order valence-electron chi connectivity index (χ0n) is 13.5. The van der Waals surface area contributed by atoms with Gasteiger partial charge in [0, 0.05) is 12.0 Å². The Morgan fingerprint density at radius 2 is 2.00 bits per heavy atom. The summed E-state index contributed by atoms with van der Waals surface area (Å²) in [5.41, 5.74) is 2.93. The molecule has 9 heteroatoms. The number of ether oxygens (including phenoxy) is 2. The average molecular weight is 356 g/mol. The van der Waals surface area contributed by atoms with Gasteiger partial charge in [-0.05, 0) is 24.5 Å². The number of aromatic hydroxyl groups is 1. The highest BCUT2D eigenvalue weighted by Gasteiger charge is 2.29. The molecule has 0 aromatic heterocycles. The molecule has 2 N–H and O–H groups in total. The Balaban J connectivity index is 1.95. The normalized spacial score (nSPS) is 19.3.